The summed E-state index contributed by atoms with van der Waals surface area (Å²) in [5, 5.41) is 13.8. The number of rotatable bonds is 9. The molecule has 1 fully saturated rings. The van der Waals surface area contributed by atoms with Gasteiger partial charge < -0.3 is 24.6 Å². The molecular weight excluding hydrogens is 360 g/mol. The average Bonchev–Trinajstić information content (AvgIpc) is 2.75. The van der Waals surface area contributed by atoms with Gasteiger partial charge in [0.25, 0.3) is 0 Å². The third-order valence-electron chi connectivity index (χ3n) is 5.31. The Labute approximate surface area is 165 Å². The van der Waals surface area contributed by atoms with Crippen LogP contribution >= 0.6 is 0 Å². The monoisotopic (exact) mass is 390 g/mol. The molecule has 8 heteroatoms. The summed E-state index contributed by atoms with van der Waals surface area (Å²) in [5.74, 6) is 2.36. The van der Waals surface area contributed by atoms with Gasteiger partial charge in [-0.2, -0.15) is 0 Å². The summed E-state index contributed by atoms with van der Waals surface area (Å²) in [6, 6.07) is 2.17. The quantitative estimate of drug-likeness (QED) is 0.631. The molecule has 1 saturated heterocycles. The standard InChI is InChI=1S/C20H30N4O4/c1-26-16-11-15-17(19(28-3)18(16)27-2)22-13-23-20(15)21-8-6-10-24-9-5-4-7-14(24)12-25/h11,13-14,25H,4-10,12H2,1-3H3,(H,21,22,23). The number of hydrogen-bond donors (Lipinski definition) is 2. The molecule has 1 unspecified atom stereocenters. The number of benzene rings is 1. The fourth-order valence-corrected chi connectivity index (χ4v) is 3.85. The van der Waals surface area contributed by atoms with Crippen LogP contribution in [0.1, 0.15) is 25.7 Å². The third kappa shape index (κ3) is 4.23. The molecule has 1 atom stereocenters. The minimum absolute atomic E-state index is 0.241. The number of methoxy groups -OCH3 is 3. The molecule has 8 nitrogen and oxygen atoms in total. The van der Waals surface area contributed by atoms with Crippen LogP contribution in [0.5, 0.6) is 17.2 Å². The molecule has 0 radical (unpaired) electrons. The summed E-state index contributed by atoms with van der Waals surface area (Å²) in [6.07, 6.45) is 5.99. The molecule has 0 bridgehead atoms. The minimum atomic E-state index is 0.241. The molecule has 1 aliphatic heterocycles. The van der Waals surface area contributed by atoms with Crippen molar-refractivity contribution in [3.05, 3.63) is 12.4 Å². The van der Waals surface area contributed by atoms with E-state index in [1.807, 2.05) is 6.07 Å². The van der Waals surface area contributed by atoms with Gasteiger partial charge in [0.05, 0.1) is 33.3 Å². The fourth-order valence-electron chi connectivity index (χ4n) is 3.85. The molecular formula is C20H30N4O4. The number of aliphatic hydroxyl groups excluding tert-OH is 1. The Balaban J connectivity index is 1.72. The van der Waals surface area contributed by atoms with Crippen LogP contribution in [-0.4, -0.2) is 73.6 Å². The van der Waals surface area contributed by atoms with E-state index in [4.69, 9.17) is 14.2 Å². The van der Waals surface area contributed by atoms with Gasteiger partial charge in [-0.25, -0.2) is 9.97 Å². The van der Waals surface area contributed by atoms with Crippen LogP contribution < -0.4 is 19.5 Å². The van der Waals surface area contributed by atoms with Gasteiger partial charge in [0.1, 0.15) is 17.7 Å². The molecule has 0 spiro atoms. The summed E-state index contributed by atoms with van der Waals surface area (Å²) in [7, 11) is 4.76. The van der Waals surface area contributed by atoms with Gasteiger partial charge in [-0.3, -0.25) is 4.90 Å². The van der Waals surface area contributed by atoms with Crippen molar-refractivity contribution in [1.82, 2.24) is 14.9 Å². The Kier molecular flexibility index (Phi) is 7.11. The highest BCUT2D eigenvalue weighted by Gasteiger charge is 2.21. The first kappa shape index (κ1) is 20.4. The van der Waals surface area contributed by atoms with E-state index in [0.29, 0.717) is 28.8 Å². The number of aliphatic hydroxyl groups is 1. The number of piperidine rings is 1. The summed E-state index contributed by atoms with van der Waals surface area (Å²) < 4.78 is 16.4. The SMILES string of the molecule is COc1cc2c(NCCCN3CCCCC3CO)ncnc2c(OC)c1OC. The van der Waals surface area contributed by atoms with Crippen LogP contribution in [0.25, 0.3) is 10.9 Å². The number of hydrogen-bond acceptors (Lipinski definition) is 8. The second kappa shape index (κ2) is 9.75. The highest BCUT2D eigenvalue weighted by atomic mass is 16.5. The summed E-state index contributed by atoms with van der Waals surface area (Å²) in [6.45, 7) is 3.04. The van der Waals surface area contributed by atoms with Gasteiger partial charge in [-0.05, 0) is 31.9 Å². The number of ether oxygens (including phenoxy) is 3. The van der Waals surface area contributed by atoms with Gasteiger partial charge in [-0.1, -0.05) is 6.42 Å². The second-order valence-electron chi connectivity index (χ2n) is 6.91. The Morgan fingerprint density at radius 2 is 1.96 bits per heavy atom. The van der Waals surface area contributed by atoms with Crippen molar-refractivity contribution in [2.45, 2.75) is 31.7 Å². The van der Waals surface area contributed by atoms with E-state index in [2.05, 4.69) is 20.2 Å². The predicted octanol–water partition coefficient (Wildman–Crippen LogP) is 2.30. The lowest BCUT2D eigenvalue weighted by Crippen LogP contribution is -2.42. The number of likely N-dealkylation sites (tertiary alicyclic amines) is 1. The molecule has 0 amide bonds. The van der Waals surface area contributed by atoms with E-state index in [9.17, 15) is 5.11 Å². The Morgan fingerprint density at radius 1 is 1.14 bits per heavy atom. The molecule has 1 aliphatic rings. The van der Waals surface area contributed by atoms with E-state index >= 15 is 0 Å². The summed E-state index contributed by atoms with van der Waals surface area (Å²) >= 11 is 0. The summed E-state index contributed by atoms with van der Waals surface area (Å²) in [4.78, 5) is 11.2. The minimum Gasteiger partial charge on any atom is -0.493 e. The van der Waals surface area contributed by atoms with Crippen molar-refractivity contribution in [2.75, 3.05) is 52.9 Å². The molecule has 0 saturated carbocycles. The van der Waals surface area contributed by atoms with Crippen molar-refractivity contribution in [1.29, 1.82) is 0 Å². The topological polar surface area (TPSA) is 89.0 Å². The first-order valence-electron chi connectivity index (χ1n) is 9.76. The molecule has 3 rings (SSSR count). The number of nitrogens with zero attached hydrogens (tertiary/aromatic N) is 3. The first-order chi connectivity index (χ1) is 13.7. The van der Waals surface area contributed by atoms with Crippen LogP contribution in [-0.2, 0) is 0 Å². The molecule has 2 N–H and O–H groups in total. The number of nitrogens with one attached hydrogen (secondary N) is 1. The molecule has 154 valence electrons. The normalized spacial score (nSPS) is 17.5. The van der Waals surface area contributed by atoms with Crippen LogP contribution in [0.15, 0.2) is 12.4 Å². The van der Waals surface area contributed by atoms with Gasteiger partial charge in [-0.15, -0.1) is 0 Å². The van der Waals surface area contributed by atoms with Crippen LogP contribution in [0, 0.1) is 0 Å². The fraction of sp³-hybridized carbons (Fsp3) is 0.600. The zero-order valence-electron chi connectivity index (χ0n) is 16.9. The summed E-state index contributed by atoms with van der Waals surface area (Å²) in [5.41, 5.74) is 0.675. The van der Waals surface area contributed by atoms with E-state index in [-0.39, 0.29) is 6.61 Å². The van der Waals surface area contributed by atoms with Gasteiger partial charge in [0.15, 0.2) is 11.5 Å². The van der Waals surface area contributed by atoms with Crippen molar-refractivity contribution < 1.29 is 19.3 Å². The van der Waals surface area contributed by atoms with Crippen LogP contribution in [0.3, 0.4) is 0 Å². The molecule has 2 aromatic rings. The first-order valence-corrected chi connectivity index (χ1v) is 9.76. The van der Waals surface area contributed by atoms with Gasteiger partial charge in [0, 0.05) is 19.1 Å². The van der Waals surface area contributed by atoms with Gasteiger partial charge >= 0.3 is 0 Å². The third-order valence-corrected chi connectivity index (χ3v) is 5.31. The molecule has 2 heterocycles. The zero-order chi connectivity index (χ0) is 19.9. The lowest BCUT2D eigenvalue weighted by Gasteiger charge is -2.34. The largest absolute Gasteiger partial charge is 0.493 e. The molecule has 0 aliphatic carbocycles. The zero-order valence-corrected chi connectivity index (χ0v) is 16.9. The highest BCUT2D eigenvalue weighted by molar-refractivity contribution is 5.96. The predicted molar refractivity (Wildman–Crippen MR) is 109 cm³/mol. The Morgan fingerprint density at radius 3 is 2.68 bits per heavy atom. The molecule has 1 aromatic carbocycles. The van der Waals surface area contributed by atoms with Crippen LogP contribution in [0.4, 0.5) is 5.82 Å². The molecule has 28 heavy (non-hydrogen) atoms. The number of aromatic nitrogens is 2. The molecule has 1 aromatic heterocycles. The lowest BCUT2D eigenvalue weighted by atomic mass is 10.0. The Bertz CT molecular complexity index is 786. The van der Waals surface area contributed by atoms with E-state index < -0.39 is 0 Å². The van der Waals surface area contributed by atoms with Crippen molar-refractivity contribution >= 4 is 16.7 Å². The van der Waals surface area contributed by atoms with Crippen LogP contribution in [0.2, 0.25) is 0 Å². The maximum absolute atomic E-state index is 9.55. The highest BCUT2D eigenvalue weighted by Crippen LogP contribution is 2.43. The van der Waals surface area contributed by atoms with Gasteiger partial charge in [0.2, 0.25) is 5.75 Å². The number of anilines is 1. The number of fused-ring (bicyclic) bond motifs is 1. The van der Waals surface area contributed by atoms with Crippen molar-refractivity contribution in [2.24, 2.45) is 0 Å². The van der Waals surface area contributed by atoms with E-state index in [1.54, 1.807) is 21.3 Å². The Hall–Kier alpha value is -2.32. The lowest BCUT2D eigenvalue weighted by molar-refractivity contribution is 0.0901. The maximum atomic E-state index is 9.55. The van der Waals surface area contributed by atoms with Crippen molar-refractivity contribution in [3.8, 4) is 17.2 Å². The second-order valence-corrected chi connectivity index (χ2v) is 6.91. The van der Waals surface area contributed by atoms with E-state index in [1.165, 1.54) is 19.2 Å². The van der Waals surface area contributed by atoms with E-state index in [0.717, 1.165) is 43.7 Å². The smallest absolute Gasteiger partial charge is 0.205 e. The van der Waals surface area contributed by atoms with Crippen molar-refractivity contribution in [3.63, 3.8) is 0 Å². The maximum Gasteiger partial charge on any atom is 0.205 e. The average molecular weight is 390 g/mol.